The molecule has 4 rings (SSSR count). The summed E-state index contributed by atoms with van der Waals surface area (Å²) >= 11 is 0. The summed E-state index contributed by atoms with van der Waals surface area (Å²) in [4.78, 5) is 15.4. The van der Waals surface area contributed by atoms with Crippen molar-refractivity contribution in [2.75, 3.05) is 20.3 Å². The predicted molar refractivity (Wildman–Crippen MR) is 109 cm³/mol. The molecule has 0 bridgehead atoms. The van der Waals surface area contributed by atoms with Gasteiger partial charge in [0.05, 0.1) is 23.2 Å². The van der Waals surface area contributed by atoms with Crippen LogP contribution < -0.4 is 0 Å². The van der Waals surface area contributed by atoms with E-state index in [4.69, 9.17) is 4.74 Å². The quantitative estimate of drug-likeness (QED) is 0.668. The standard InChI is InChI=1S/C22H29N3O2/c1-15(2)25-18-10-6-5-9-17(18)21-19(25)14-20(24(21)12-13-27-4)22(26)23-11-7-8-16(23)3/h5-6,9-10,14-16H,7-8,11-13H2,1-4H3/t16-/m0/s1. The van der Waals surface area contributed by atoms with Crippen molar-refractivity contribution < 1.29 is 9.53 Å². The SMILES string of the molecule is COCCn1c(C(=O)N2CCC[C@@H]2C)cc2c1c1ccccc1n2C(C)C. The minimum Gasteiger partial charge on any atom is -0.383 e. The maximum absolute atomic E-state index is 13.4. The first kappa shape index (κ1) is 18.1. The van der Waals surface area contributed by atoms with Crippen LogP contribution in [0.1, 0.15) is 50.1 Å². The highest BCUT2D eigenvalue weighted by molar-refractivity contribution is 6.10. The number of benzene rings is 1. The molecule has 1 aliphatic rings. The number of likely N-dealkylation sites (tertiary alicyclic amines) is 1. The molecule has 0 unspecified atom stereocenters. The minimum absolute atomic E-state index is 0.145. The van der Waals surface area contributed by atoms with Gasteiger partial charge in [0.15, 0.2) is 0 Å². The van der Waals surface area contributed by atoms with Crippen molar-refractivity contribution in [3.05, 3.63) is 36.0 Å². The van der Waals surface area contributed by atoms with Gasteiger partial charge in [-0.05, 0) is 45.7 Å². The van der Waals surface area contributed by atoms with E-state index in [1.807, 2.05) is 4.90 Å². The van der Waals surface area contributed by atoms with Gasteiger partial charge in [-0.2, -0.15) is 0 Å². The maximum atomic E-state index is 13.4. The molecule has 2 aromatic heterocycles. The van der Waals surface area contributed by atoms with Crippen molar-refractivity contribution in [3.63, 3.8) is 0 Å². The van der Waals surface area contributed by atoms with E-state index in [2.05, 4.69) is 60.2 Å². The lowest BCUT2D eigenvalue weighted by Crippen LogP contribution is -2.35. The highest BCUT2D eigenvalue weighted by Gasteiger charge is 2.30. The van der Waals surface area contributed by atoms with Crippen LogP contribution in [0.15, 0.2) is 30.3 Å². The largest absolute Gasteiger partial charge is 0.383 e. The summed E-state index contributed by atoms with van der Waals surface area (Å²) in [5, 5.41) is 1.20. The lowest BCUT2D eigenvalue weighted by atomic mass is 10.2. The van der Waals surface area contributed by atoms with Crippen LogP contribution in [0.4, 0.5) is 0 Å². The van der Waals surface area contributed by atoms with E-state index in [1.165, 1.54) is 10.9 Å². The molecule has 0 spiro atoms. The van der Waals surface area contributed by atoms with Crippen LogP contribution in [0.3, 0.4) is 0 Å². The van der Waals surface area contributed by atoms with Crippen molar-refractivity contribution in [1.29, 1.82) is 0 Å². The van der Waals surface area contributed by atoms with Gasteiger partial charge < -0.3 is 18.8 Å². The summed E-state index contributed by atoms with van der Waals surface area (Å²) in [7, 11) is 1.71. The number of aromatic nitrogens is 2. The number of carbonyl (C=O) groups is 1. The minimum atomic E-state index is 0.145. The molecule has 0 N–H and O–H groups in total. The lowest BCUT2D eigenvalue weighted by molar-refractivity contribution is 0.0734. The van der Waals surface area contributed by atoms with Crippen LogP contribution in [-0.4, -0.2) is 46.2 Å². The highest BCUT2D eigenvalue weighted by atomic mass is 16.5. The Morgan fingerprint density at radius 3 is 2.70 bits per heavy atom. The van der Waals surface area contributed by atoms with Crippen molar-refractivity contribution in [2.24, 2.45) is 0 Å². The Morgan fingerprint density at radius 2 is 2.04 bits per heavy atom. The molecule has 0 radical (unpaired) electrons. The fraction of sp³-hybridized carbons (Fsp3) is 0.500. The first-order valence-corrected chi connectivity index (χ1v) is 9.96. The van der Waals surface area contributed by atoms with E-state index in [0.29, 0.717) is 25.2 Å². The lowest BCUT2D eigenvalue weighted by Gasteiger charge is -2.22. The van der Waals surface area contributed by atoms with E-state index in [-0.39, 0.29) is 5.91 Å². The molecule has 1 aliphatic heterocycles. The van der Waals surface area contributed by atoms with Crippen LogP contribution >= 0.6 is 0 Å². The Balaban J connectivity index is 1.96. The number of ether oxygens (including phenoxy) is 1. The average Bonchev–Trinajstić information content (AvgIpc) is 3.31. The monoisotopic (exact) mass is 367 g/mol. The number of para-hydroxylation sites is 1. The Bertz CT molecular complexity index is 982. The normalized spacial score (nSPS) is 17.7. The van der Waals surface area contributed by atoms with Crippen LogP contribution in [0, 0.1) is 0 Å². The van der Waals surface area contributed by atoms with Crippen molar-refractivity contribution in [1.82, 2.24) is 14.0 Å². The number of fused-ring (bicyclic) bond motifs is 3. The van der Waals surface area contributed by atoms with Crippen molar-refractivity contribution in [3.8, 4) is 0 Å². The van der Waals surface area contributed by atoms with Crippen LogP contribution in [0.5, 0.6) is 0 Å². The van der Waals surface area contributed by atoms with Gasteiger partial charge in [0, 0.05) is 37.7 Å². The second-order valence-electron chi connectivity index (χ2n) is 7.88. The zero-order chi connectivity index (χ0) is 19.1. The molecule has 1 saturated heterocycles. The third-order valence-corrected chi connectivity index (χ3v) is 5.82. The molecule has 1 fully saturated rings. The molecule has 3 aromatic rings. The Morgan fingerprint density at radius 1 is 1.26 bits per heavy atom. The van der Waals surface area contributed by atoms with Crippen molar-refractivity contribution in [2.45, 2.75) is 52.2 Å². The maximum Gasteiger partial charge on any atom is 0.270 e. The van der Waals surface area contributed by atoms with Crippen molar-refractivity contribution >= 4 is 27.8 Å². The molecule has 0 aliphatic carbocycles. The molecule has 1 amide bonds. The number of hydrogen-bond donors (Lipinski definition) is 0. The van der Waals surface area contributed by atoms with E-state index in [0.717, 1.165) is 36.1 Å². The summed E-state index contributed by atoms with van der Waals surface area (Å²) in [6.45, 7) is 8.66. The molecule has 5 heteroatoms. The van der Waals surface area contributed by atoms with E-state index < -0.39 is 0 Å². The number of hydrogen-bond acceptors (Lipinski definition) is 2. The number of rotatable bonds is 5. The summed E-state index contributed by atoms with van der Waals surface area (Å²) in [5.74, 6) is 0.145. The molecule has 1 aromatic carbocycles. The molecular weight excluding hydrogens is 338 g/mol. The third kappa shape index (κ3) is 2.85. The van der Waals surface area contributed by atoms with E-state index in [9.17, 15) is 4.79 Å². The Kier molecular flexibility index (Phi) is 4.72. The molecule has 5 nitrogen and oxygen atoms in total. The van der Waals surface area contributed by atoms with Gasteiger partial charge in [-0.25, -0.2) is 0 Å². The number of carbonyl (C=O) groups excluding carboxylic acids is 1. The zero-order valence-electron chi connectivity index (χ0n) is 16.7. The molecule has 3 heterocycles. The summed E-state index contributed by atoms with van der Waals surface area (Å²) in [5.41, 5.74) is 4.28. The first-order valence-electron chi connectivity index (χ1n) is 9.96. The number of nitrogens with zero attached hydrogens (tertiary/aromatic N) is 3. The fourth-order valence-electron chi connectivity index (χ4n) is 4.55. The topological polar surface area (TPSA) is 39.4 Å². The second kappa shape index (κ2) is 7.04. The molecule has 0 saturated carbocycles. The number of amides is 1. The molecule has 144 valence electrons. The van der Waals surface area contributed by atoms with Crippen LogP contribution in [0.25, 0.3) is 21.9 Å². The van der Waals surface area contributed by atoms with E-state index >= 15 is 0 Å². The van der Waals surface area contributed by atoms with Gasteiger partial charge in [-0.1, -0.05) is 18.2 Å². The second-order valence-corrected chi connectivity index (χ2v) is 7.88. The predicted octanol–water partition coefficient (Wildman–Crippen LogP) is 4.45. The van der Waals surface area contributed by atoms with Gasteiger partial charge >= 0.3 is 0 Å². The third-order valence-electron chi connectivity index (χ3n) is 5.82. The zero-order valence-corrected chi connectivity index (χ0v) is 16.7. The summed E-state index contributed by atoms with van der Waals surface area (Å²) < 4.78 is 9.88. The average molecular weight is 367 g/mol. The summed E-state index contributed by atoms with van der Waals surface area (Å²) in [6.07, 6.45) is 2.18. The van der Waals surface area contributed by atoms with Gasteiger partial charge in [0.2, 0.25) is 0 Å². The van der Waals surface area contributed by atoms with Gasteiger partial charge in [0.25, 0.3) is 5.91 Å². The van der Waals surface area contributed by atoms with E-state index in [1.54, 1.807) is 7.11 Å². The first-order chi connectivity index (χ1) is 13.0. The van der Waals surface area contributed by atoms with Gasteiger partial charge in [-0.15, -0.1) is 0 Å². The van der Waals surface area contributed by atoms with Crippen LogP contribution in [0.2, 0.25) is 0 Å². The molecule has 27 heavy (non-hydrogen) atoms. The fourth-order valence-corrected chi connectivity index (χ4v) is 4.55. The highest BCUT2D eigenvalue weighted by Crippen LogP contribution is 2.35. The molecular formula is C22H29N3O2. The number of methoxy groups -OCH3 is 1. The van der Waals surface area contributed by atoms with Crippen LogP contribution in [-0.2, 0) is 11.3 Å². The summed E-state index contributed by atoms with van der Waals surface area (Å²) in [6, 6.07) is 11.2. The smallest absolute Gasteiger partial charge is 0.270 e. The Labute approximate surface area is 160 Å². The Hall–Kier alpha value is -2.27. The van der Waals surface area contributed by atoms with Gasteiger partial charge in [-0.3, -0.25) is 4.79 Å². The van der Waals surface area contributed by atoms with Gasteiger partial charge in [0.1, 0.15) is 5.69 Å². The molecule has 1 atom stereocenters.